The number of carbonyl (C=O) groups is 1. The molecule has 0 saturated carbocycles. The molecule has 2 aromatic rings. The third-order valence-electron chi connectivity index (χ3n) is 3.18. The van der Waals surface area contributed by atoms with Crippen LogP contribution >= 0.6 is 0 Å². The summed E-state index contributed by atoms with van der Waals surface area (Å²) in [7, 11) is 0. The van der Waals surface area contributed by atoms with E-state index in [4.69, 9.17) is 0 Å². The second-order valence-corrected chi connectivity index (χ2v) is 4.65. The highest BCUT2D eigenvalue weighted by Crippen LogP contribution is 2.16. The average molecular weight is 274 g/mol. The Morgan fingerprint density at radius 3 is 2.60 bits per heavy atom. The molecular weight excluding hydrogens is 256 g/mol. The highest BCUT2D eigenvalue weighted by molar-refractivity contribution is 5.92. The summed E-state index contributed by atoms with van der Waals surface area (Å²) in [5, 5.41) is 13.9. The van der Waals surface area contributed by atoms with Gasteiger partial charge in [0, 0.05) is 12.6 Å². The van der Waals surface area contributed by atoms with Gasteiger partial charge < -0.3 is 14.5 Å². The molecule has 0 spiro atoms. The van der Waals surface area contributed by atoms with Crippen molar-refractivity contribution < 1.29 is 14.4 Å². The van der Waals surface area contributed by atoms with E-state index in [1.165, 1.54) is 12.3 Å². The first kappa shape index (κ1) is 14.3. The molecule has 1 amide bonds. The Balaban J connectivity index is 2.06. The van der Waals surface area contributed by atoms with Gasteiger partial charge in [-0.3, -0.25) is 4.79 Å². The molecule has 1 unspecified atom stereocenters. The second-order valence-electron chi connectivity index (χ2n) is 4.65. The summed E-state index contributed by atoms with van der Waals surface area (Å²) in [5.41, 5.74) is 2.18. The van der Waals surface area contributed by atoms with Crippen molar-refractivity contribution in [1.29, 1.82) is 0 Å². The van der Waals surface area contributed by atoms with Gasteiger partial charge in [0.2, 0.25) is 0 Å². The quantitative estimate of drug-likeness (QED) is 0.907. The largest absolute Gasteiger partial charge is 0.387 e. The molecule has 0 saturated heterocycles. The summed E-state index contributed by atoms with van der Waals surface area (Å²) in [4.78, 5) is 13.7. The topological polar surface area (TPSA) is 66.6 Å². The molecule has 5 heteroatoms. The lowest BCUT2D eigenvalue weighted by atomic mass is 10.1. The Hall–Kier alpha value is -2.14. The first-order valence-corrected chi connectivity index (χ1v) is 6.56. The van der Waals surface area contributed by atoms with Crippen LogP contribution in [-0.2, 0) is 0 Å². The van der Waals surface area contributed by atoms with Crippen molar-refractivity contribution >= 4 is 5.91 Å². The minimum absolute atomic E-state index is 0.227. The number of nitrogens with zero attached hydrogens (tertiary/aromatic N) is 2. The molecule has 1 N–H and O–H groups in total. The van der Waals surface area contributed by atoms with E-state index in [-0.39, 0.29) is 18.1 Å². The number of hydrogen-bond acceptors (Lipinski definition) is 4. The minimum atomic E-state index is -0.716. The lowest BCUT2D eigenvalue weighted by Crippen LogP contribution is -2.34. The molecule has 2 rings (SSSR count). The fraction of sp³-hybridized carbons (Fsp3) is 0.333. The van der Waals surface area contributed by atoms with Gasteiger partial charge in [-0.2, -0.15) is 0 Å². The van der Waals surface area contributed by atoms with Gasteiger partial charge in [-0.25, -0.2) is 0 Å². The van der Waals surface area contributed by atoms with Crippen LogP contribution in [0.5, 0.6) is 0 Å². The molecule has 5 nitrogen and oxygen atoms in total. The van der Waals surface area contributed by atoms with Crippen LogP contribution in [0, 0.1) is 6.92 Å². The Kier molecular flexibility index (Phi) is 4.53. The highest BCUT2D eigenvalue weighted by Gasteiger charge is 2.20. The number of amides is 1. The van der Waals surface area contributed by atoms with Crippen molar-refractivity contribution in [2.45, 2.75) is 20.0 Å². The normalized spacial score (nSPS) is 12.2. The highest BCUT2D eigenvalue weighted by atomic mass is 16.5. The molecule has 0 radical (unpaired) electrons. The molecule has 0 fully saturated rings. The monoisotopic (exact) mass is 274 g/mol. The summed E-state index contributed by atoms with van der Waals surface area (Å²) in [6.45, 7) is 4.57. The number of likely N-dealkylation sites (N-methyl/N-ethyl adjacent to an activating group) is 1. The minimum Gasteiger partial charge on any atom is -0.387 e. The van der Waals surface area contributed by atoms with Crippen LogP contribution < -0.4 is 0 Å². The zero-order valence-corrected chi connectivity index (χ0v) is 11.6. The van der Waals surface area contributed by atoms with Crippen LogP contribution in [0.3, 0.4) is 0 Å². The van der Waals surface area contributed by atoms with E-state index in [9.17, 15) is 9.90 Å². The van der Waals surface area contributed by atoms with Crippen molar-refractivity contribution in [3.8, 4) is 0 Å². The Morgan fingerprint density at radius 2 is 2.05 bits per heavy atom. The summed E-state index contributed by atoms with van der Waals surface area (Å²) >= 11 is 0. The average Bonchev–Trinajstić information content (AvgIpc) is 2.98. The first-order chi connectivity index (χ1) is 9.61. The van der Waals surface area contributed by atoms with E-state index in [1.807, 2.05) is 38.1 Å². The number of aliphatic hydroxyl groups is 1. The van der Waals surface area contributed by atoms with E-state index >= 15 is 0 Å². The van der Waals surface area contributed by atoms with Gasteiger partial charge in [0.25, 0.3) is 5.91 Å². The SMILES string of the molecule is CCN(CC(O)c1ccc(C)cc1)C(=O)c1ccon1. The molecule has 20 heavy (non-hydrogen) atoms. The number of rotatable bonds is 5. The fourth-order valence-electron chi connectivity index (χ4n) is 1.94. The molecule has 0 aliphatic heterocycles. The van der Waals surface area contributed by atoms with Crippen LogP contribution in [0.25, 0.3) is 0 Å². The van der Waals surface area contributed by atoms with Crippen molar-refractivity contribution in [2.75, 3.05) is 13.1 Å². The van der Waals surface area contributed by atoms with Crippen LogP contribution in [-0.4, -0.2) is 34.2 Å². The van der Waals surface area contributed by atoms with Crippen LogP contribution in [0.15, 0.2) is 41.1 Å². The number of hydrogen-bond donors (Lipinski definition) is 1. The van der Waals surface area contributed by atoms with E-state index in [0.29, 0.717) is 6.54 Å². The molecule has 0 aliphatic carbocycles. The molecular formula is C15H18N2O3. The Morgan fingerprint density at radius 1 is 1.35 bits per heavy atom. The summed E-state index contributed by atoms with van der Waals surface area (Å²) in [5.74, 6) is -0.243. The third-order valence-corrected chi connectivity index (χ3v) is 3.18. The van der Waals surface area contributed by atoms with Gasteiger partial charge in [-0.15, -0.1) is 0 Å². The van der Waals surface area contributed by atoms with E-state index in [0.717, 1.165) is 11.1 Å². The first-order valence-electron chi connectivity index (χ1n) is 6.56. The van der Waals surface area contributed by atoms with Gasteiger partial charge in [0.05, 0.1) is 12.6 Å². The Labute approximate surface area is 117 Å². The van der Waals surface area contributed by atoms with Gasteiger partial charge in [0.1, 0.15) is 6.26 Å². The van der Waals surface area contributed by atoms with Crippen LogP contribution in [0.1, 0.15) is 34.6 Å². The second kappa shape index (κ2) is 6.34. The van der Waals surface area contributed by atoms with Gasteiger partial charge in [0.15, 0.2) is 5.69 Å². The van der Waals surface area contributed by atoms with Crippen LogP contribution in [0.4, 0.5) is 0 Å². The Bertz CT molecular complexity index is 549. The van der Waals surface area contributed by atoms with Gasteiger partial charge >= 0.3 is 0 Å². The number of benzene rings is 1. The standard InChI is InChI=1S/C15H18N2O3/c1-3-17(15(19)13-8-9-20-16-13)10-14(18)12-6-4-11(2)5-7-12/h4-9,14,18H,3,10H2,1-2H3. The van der Waals surface area contributed by atoms with E-state index in [1.54, 1.807) is 4.90 Å². The van der Waals surface area contributed by atoms with Gasteiger partial charge in [-0.05, 0) is 19.4 Å². The smallest absolute Gasteiger partial charge is 0.276 e. The molecule has 1 heterocycles. The predicted octanol–water partition coefficient (Wildman–Crippen LogP) is 2.18. The summed E-state index contributed by atoms with van der Waals surface area (Å²) in [6.07, 6.45) is 0.642. The molecule has 1 aromatic carbocycles. The lowest BCUT2D eigenvalue weighted by Gasteiger charge is -2.23. The third kappa shape index (κ3) is 3.24. The lowest BCUT2D eigenvalue weighted by molar-refractivity contribution is 0.0625. The zero-order valence-electron chi connectivity index (χ0n) is 11.6. The molecule has 1 atom stereocenters. The van der Waals surface area contributed by atoms with E-state index < -0.39 is 6.10 Å². The number of aromatic nitrogens is 1. The summed E-state index contributed by atoms with van der Waals surface area (Å²) in [6, 6.07) is 9.13. The van der Waals surface area contributed by atoms with E-state index in [2.05, 4.69) is 9.68 Å². The maximum atomic E-state index is 12.2. The number of aliphatic hydroxyl groups excluding tert-OH is 1. The summed E-state index contributed by atoms with van der Waals surface area (Å²) < 4.78 is 4.67. The maximum Gasteiger partial charge on any atom is 0.276 e. The maximum absolute atomic E-state index is 12.2. The molecule has 0 aliphatic rings. The molecule has 0 bridgehead atoms. The molecule has 1 aromatic heterocycles. The van der Waals surface area contributed by atoms with Crippen molar-refractivity contribution in [1.82, 2.24) is 10.1 Å². The van der Waals surface area contributed by atoms with Gasteiger partial charge in [-0.1, -0.05) is 35.0 Å². The van der Waals surface area contributed by atoms with Crippen LogP contribution in [0.2, 0.25) is 0 Å². The number of carbonyl (C=O) groups excluding carboxylic acids is 1. The fourth-order valence-corrected chi connectivity index (χ4v) is 1.94. The van der Waals surface area contributed by atoms with Crippen molar-refractivity contribution in [2.24, 2.45) is 0 Å². The molecule has 106 valence electrons. The van der Waals surface area contributed by atoms with Crippen molar-refractivity contribution in [3.63, 3.8) is 0 Å². The zero-order chi connectivity index (χ0) is 14.5. The van der Waals surface area contributed by atoms with Crippen molar-refractivity contribution in [3.05, 3.63) is 53.4 Å². The number of aryl methyl sites for hydroxylation is 1. The predicted molar refractivity (Wildman–Crippen MR) is 74.2 cm³/mol.